The highest BCUT2D eigenvalue weighted by Gasteiger charge is 2.06. The normalized spacial score (nSPS) is 10.2. The van der Waals surface area contributed by atoms with Crippen LogP contribution in [0.3, 0.4) is 0 Å². The third-order valence-electron chi connectivity index (χ3n) is 2.36. The number of aromatic amines is 1. The molecular formula is C12H13N3O2. The Labute approximate surface area is 98.3 Å². The van der Waals surface area contributed by atoms with Gasteiger partial charge in [-0.25, -0.2) is 4.98 Å². The monoisotopic (exact) mass is 231 g/mol. The summed E-state index contributed by atoms with van der Waals surface area (Å²) in [5.41, 5.74) is 7.06. The van der Waals surface area contributed by atoms with Crippen molar-refractivity contribution < 1.29 is 4.74 Å². The number of nitrogens with two attached hydrogens (primary N) is 1. The fraction of sp³-hybridized carbons (Fsp3) is 0.167. The standard InChI is InChI=1S/C12H13N3O2/c1-2-8-3-4-10(9(13)7-8)17-12-11(16)14-5-6-15-12/h3-7H,2,13H2,1H3,(H,14,16). The predicted octanol–water partition coefficient (Wildman–Crippen LogP) is 1.71. The summed E-state index contributed by atoms with van der Waals surface area (Å²) in [6.45, 7) is 2.04. The van der Waals surface area contributed by atoms with Crippen LogP contribution in [0.2, 0.25) is 0 Å². The second-order valence-corrected chi connectivity index (χ2v) is 3.55. The molecule has 0 radical (unpaired) electrons. The Bertz CT molecular complexity index is 578. The van der Waals surface area contributed by atoms with Crippen molar-refractivity contribution in [1.82, 2.24) is 9.97 Å². The first-order chi connectivity index (χ1) is 8.20. The van der Waals surface area contributed by atoms with Crippen LogP contribution in [0.5, 0.6) is 11.6 Å². The molecule has 17 heavy (non-hydrogen) atoms. The van der Waals surface area contributed by atoms with Gasteiger partial charge in [-0.3, -0.25) is 4.79 Å². The molecule has 1 aromatic carbocycles. The molecule has 2 rings (SSSR count). The number of benzene rings is 1. The van der Waals surface area contributed by atoms with E-state index in [4.69, 9.17) is 10.5 Å². The van der Waals surface area contributed by atoms with Crippen molar-refractivity contribution in [1.29, 1.82) is 0 Å². The van der Waals surface area contributed by atoms with Crippen molar-refractivity contribution in [2.45, 2.75) is 13.3 Å². The molecule has 0 aliphatic rings. The fourth-order valence-corrected chi connectivity index (χ4v) is 1.43. The van der Waals surface area contributed by atoms with Gasteiger partial charge in [0.1, 0.15) is 0 Å². The molecule has 0 bridgehead atoms. The minimum atomic E-state index is -0.383. The maximum atomic E-state index is 11.4. The number of anilines is 1. The Kier molecular flexibility index (Phi) is 3.09. The van der Waals surface area contributed by atoms with E-state index in [1.54, 1.807) is 6.07 Å². The molecule has 0 saturated heterocycles. The number of hydrogen-bond donors (Lipinski definition) is 2. The lowest BCUT2D eigenvalue weighted by molar-refractivity contribution is 0.456. The molecule has 0 fully saturated rings. The van der Waals surface area contributed by atoms with Crippen molar-refractivity contribution in [3.63, 3.8) is 0 Å². The summed E-state index contributed by atoms with van der Waals surface area (Å²) in [4.78, 5) is 17.7. The molecule has 1 heterocycles. The Morgan fingerprint density at radius 3 is 2.94 bits per heavy atom. The fourth-order valence-electron chi connectivity index (χ4n) is 1.43. The van der Waals surface area contributed by atoms with E-state index in [-0.39, 0.29) is 11.4 Å². The molecule has 88 valence electrons. The van der Waals surface area contributed by atoms with Gasteiger partial charge < -0.3 is 15.5 Å². The second-order valence-electron chi connectivity index (χ2n) is 3.55. The van der Waals surface area contributed by atoms with Crippen LogP contribution in [-0.2, 0) is 6.42 Å². The molecule has 0 amide bonds. The van der Waals surface area contributed by atoms with Crippen LogP contribution in [0, 0.1) is 0 Å². The number of nitrogens with one attached hydrogen (secondary N) is 1. The molecule has 2 aromatic rings. The number of rotatable bonds is 3. The van der Waals surface area contributed by atoms with E-state index in [2.05, 4.69) is 9.97 Å². The van der Waals surface area contributed by atoms with E-state index in [9.17, 15) is 4.79 Å². The van der Waals surface area contributed by atoms with Gasteiger partial charge in [-0.1, -0.05) is 13.0 Å². The number of H-pyrrole nitrogens is 1. The van der Waals surface area contributed by atoms with Gasteiger partial charge in [-0.15, -0.1) is 0 Å². The van der Waals surface area contributed by atoms with Gasteiger partial charge in [-0.2, -0.15) is 0 Å². The second kappa shape index (κ2) is 4.69. The number of ether oxygens (including phenoxy) is 1. The molecule has 5 heteroatoms. The number of aromatic nitrogens is 2. The lowest BCUT2D eigenvalue weighted by atomic mass is 10.1. The highest BCUT2D eigenvalue weighted by molar-refractivity contribution is 5.55. The minimum Gasteiger partial charge on any atom is -0.432 e. The zero-order valence-corrected chi connectivity index (χ0v) is 9.43. The molecule has 0 unspecified atom stereocenters. The first-order valence-electron chi connectivity index (χ1n) is 5.30. The lowest BCUT2D eigenvalue weighted by Gasteiger charge is -2.07. The highest BCUT2D eigenvalue weighted by Crippen LogP contribution is 2.25. The molecule has 3 N–H and O–H groups in total. The van der Waals surface area contributed by atoms with E-state index in [1.807, 2.05) is 19.1 Å². The molecular weight excluding hydrogens is 218 g/mol. The van der Waals surface area contributed by atoms with Crippen molar-refractivity contribution in [3.05, 3.63) is 46.5 Å². The third-order valence-corrected chi connectivity index (χ3v) is 2.36. The predicted molar refractivity (Wildman–Crippen MR) is 65.2 cm³/mol. The van der Waals surface area contributed by atoms with E-state index in [0.717, 1.165) is 12.0 Å². The molecule has 0 spiro atoms. The van der Waals surface area contributed by atoms with Gasteiger partial charge in [0.25, 0.3) is 5.88 Å². The largest absolute Gasteiger partial charge is 0.432 e. The number of nitrogens with zero attached hydrogens (tertiary/aromatic N) is 1. The van der Waals surface area contributed by atoms with E-state index >= 15 is 0 Å². The van der Waals surface area contributed by atoms with Crippen LogP contribution in [0.15, 0.2) is 35.4 Å². The van der Waals surface area contributed by atoms with Crippen molar-refractivity contribution in [3.8, 4) is 11.6 Å². The number of nitrogen functional groups attached to an aromatic ring is 1. The molecule has 0 aliphatic heterocycles. The first-order valence-corrected chi connectivity index (χ1v) is 5.30. The van der Waals surface area contributed by atoms with Crippen LogP contribution in [0.25, 0.3) is 0 Å². The summed E-state index contributed by atoms with van der Waals surface area (Å²) in [5.74, 6) is 0.426. The van der Waals surface area contributed by atoms with Crippen LogP contribution in [0.4, 0.5) is 5.69 Å². The third kappa shape index (κ3) is 2.44. The quantitative estimate of drug-likeness (QED) is 0.788. The van der Waals surface area contributed by atoms with Gasteiger partial charge in [0.05, 0.1) is 5.69 Å². The average Bonchev–Trinajstić information content (AvgIpc) is 2.34. The lowest BCUT2D eigenvalue weighted by Crippen LogP contribution is -2.09. The average molecular weight is 231 g/mol. The maximum absolute atomic E-state index is 11.4. The Balaban J connectivity index is 2.31. The number of aryl methyl sites for hydroxylation is 1. The van der Waals surface area contributed by atoms with Gasteiger partial charge in [0, 0.05) is 12.4 Å². The SMILES string of the molecule is CCc1ccc(Oc2ncc[nH]c2=O)c(N)c1. The maximum Gasteiger partial charge on any atom is 0.311 e. The summed E-state index contributed by atoms with van der Waals surface area (Å²) in [5, 5.41) is 0. The summed E-state index contributed by atoms with van der Waals surface area (Å²) < 4.78 is 5.36. The highest BCUT2D eigenvalue weighted by atomic mass is 16.5. The molecule has 1 aromatic heterocycles. The van der Waals surface area contributed by atoms with Gasteiger partial charge >= 0.3 is 5.56 Å². The molecule has 0 aliphatic carbocycles. The van der Waals surface area contributed by atoms with Gasteiger partial charge in [0.15, 0.2) is 5.75 Å². The molecule has 5 nitrogen and oxygen atoms in total. The minimum absolute atomic E-state index is 0.0107. The summed E-state index contributed by atoms with van der Waals surface area (Å²) >= 11 is 0. The Hall–Kier alpha value is -2.30. The van der Waals surface area contributed by atoms with E-state index in [1.165, 1.54) is 12.4 Å². The number of hydrogen-bond acceptors (Lipinski definition) is 4. The van der Waals surface area contributed by atoms with E-state index < -0.39 is 0 Å². The summed E-state index contributed by atoms with van der Waals surface area (Å²) in [7, 11) is 0. The van der Waals surface area contributed by atoms with Crippen molar-refractivity contribution in [2.75, 3.05) is 5.73 Å². The molecule has 0 saturated carbocycles. The summed E-state index contributed by atoms with van der Waals surface area (Å²) in [6.07, 6.45) is 3.79. The van der Waals surface area contributed by atoms with Gasteiger partial charge in [-0.05, 0) is 24.1 Å². The first kappa shape index (κ1) is 11.2. The Morgan fingerprint density at radius 1 is 1.47 bits per heavy atom. The molecule has 0 atom stereocenters. The van der Waals surface area contributed by atoms with Gasteiger partial charge in [0.2, 0.25) is 0 Å². The van der Waals surface area contributed by atoms with Crippen molar-refractivity contribution >= 4 is 5.69 Å². The zero-order valence-electron chi connectivity index (χ0n) is 9.43. The van der Waals surface area contributed by atoms with E-state index in [0.29, 0.717) is 11.4 Å². The van der Waals surface area contributed by atoms with Crippen molar-refractivity contribution in [2.24, 2.45) is 0 Å². The van der Waals surface area contributed by atoms with Crippen LogP contribution in [-0.4, -0.2) is 9.97 Å². The smallest absolute Gasteiger partial charge is 0.311 e. The topological polar surface area (TPSA) is 81.0 Å². The van der Waals surface area contributed by atoms with Crippen LogP contribution in [0.1, 0.15) is 12.5 Å². The summed E-state index contributed by atoms with van der Waals surface area (Å²) in [6, 6.07) is 5.47. The van der Waals surface area contributed by atoms with Crippen LogP contribution >= 0.6 is 0 Å². The Morgan fingerprint density at radius 2 is 2.29 bits per heavy atom. The zero-order chi connectivity index (χ0) is 12.3. The van der Waals surface area contributed by atoms with Crippen LogP contribution < -0.4 is 16.0 Å².